The minimum absolute atomic E-state index is 0.608. The Hall–Kier alpha value is -0.890. The van der Waals surface area contributed by atoms with Crippen molar-refractivity contribution in [3.05, 3.63) is 29.6 Å². The molecule has 1 heterocycles. The van der Waals surface area contributed by atoms with Gasteiger partial charge in [0.1, 0.15) is 0 Å². The highest BCUT2D eigenvalue weighted by molar-refractivity contribution is 5.14. The van der Waals surface area contributed by atoms with E-state index in [9.17, 15) is 5.11 Å². The smallest absolute Gasteiger partial charge is 0.0647 e. The zero-order valence-corrected chi connectivity index (χ0v) is 8.54. The fraction of sp³-hybridized carbons (Fsp3) is 0.545. The lowest BCUT2D eigenvalue weighted by Gasteiger charge is -2.16. The van der Waals surface area contributed by atoms with Crippen LogP contribution in [0.3, 0.4) is 0 Å². The van der Waals surface area contributed by atoms with Gasteiger partial charge in [-0.15, -0.1) is 0 Å². The molecule has 1 aromatic heterocycles. The van der Waals surface area contributed by atoms with Crippen molar-refractivity contribution in [1.29, 1.82) is 0 Å². The van der Waals surface area contributed by atoms with Crippen molar-refractivity contribution in [2.75, 3.05) is 0 Å². The van der Waals surface area contributed by atoms with Gasteiger partial charge in [0.25, 0.3) is 0 Å². The van der Waals surface area contributed by atoms with E-state index in [1.165, 1.54) is 5.56 Å². The summed E-state index contributed by atoms with van der Waals surface area (Å²) in [6, 6.07) is 4.05. The quantitative estimate of drug-likeness (QED) is 0.769. The van der Waals surface area contributed by atoms with Crippen molar-refractivity contribution in [1.82, 2.24) is 4.98 Å². The molecular formula is C11H17NO. The second-order valence-electron chi connectivity index (χ2n) is 4.00. The predicted octanol–water partition coefficient (Wildman–Crippen LogP) is 1.96. The van der Waals surface area contributed by atoms with Crippen LogP contribution >= 0.6 is 0 Å². The number of hydrogen-bond acceptors (Lipinski definition) is 2. The normalized spacial score (nSPS) is 11.7. The van der Waals surface area contributed by atoms with Crippen LogP contribution in [0.1, 0.15) is 32.0 Å². The van der Waals surface area contributed by atoms with Crippen molar-refractivity contribution in [2.24, 2.45) is 0 Å². The van der Waals surface area contributed by atoms with Crippen molar-refractivity contribution in [2.45, 2.75) is 39.2 Å². The van der Waals surface area contributed by atoms with Crippen LogP contribution < -0.4 is 0 Å². The van der Waals surface area contributed by atoms with Crippen molar-refractivity contribution in [3.63, 3.8) is 0 Å². The standard InChI is InChI=1S/C11H17NO/c1-4-9-5-6-10(12-8-9)7-11(2,3)13/h5-6,8,13H,4,7H2,1-3H3. The van der Waals surface area contributed by atoms with Gasteiger partial charge in [0, 0.05) is 18.3 Å². The summed E-state index contributed by atoms with van der Waals surface area (Å²) >= 11 is 0. The van der Waals surface area contributed by atoms with Gasteiger partial charge in [-0.2, -0.15) is 0 Å². The third kappa shape index (κ3) is 3.55. The molecule has 13 heavy (non-hydrogen) atoms. The van der Waals surface area contributed by atoms with E-state index in [-0.39, 0.29) is 0 Å². The molecule has 0 saturated carbocycles. The Morgan fingerprint density at radius 3 is 2.46 bits per heavy atom. The monoisotopic (exact) mass is 179 g/mol. The molecule has 0 unspecified atom stereocenters. The lowest BCUT2D eigenvalue weighted by Crippen LogP contribution is -2.22. The number of aryl methyl sites for hydroxylation is 1. The lowest BCUT2D eigenvalue weighted by molar-refractivity contribution is 0.0799. The third-order valence-electron chi connectivity index (χ3n) is 1.91. The first-order chi connectivity index (χ1) is 6.01. The van der Waals surface area contributed by atoms with Crippen LogP contribution in [0.4, 0.5) is 0 Å². The molecule has 72 valence electrons. The van der Waals surface area contributed by atoms with E-state index in [0.29, 0.717) is 6.42 Å². The van der Waals surface area contributed by atoms with Crippen molar-refractivity contribution >= 4 is 0 Å². The number of aromatic nitrogens is 1. The van der Waals surface area contributed by atoms with Crippen LogP contribution in [0.2, 0.25) is 0 Å². The SMILES string of the molecule is CCc1ccc(CC(C)(C)O)nc1. The molecule has 1 aromatic rings. The minimum Gasteiger partial charge on any atom is -0.390 e. The van der Waals surface area contributed by atoms with Gasteiger partial charge in [-0.3, -0.25) is 4.98 Å². The molecule has 0 aliphatic heterocycles. The Kier molecular flexibility index (Phi) is 3.04. The average molecular weight is 179 g/mol. The van der Waals surface area contributed by atoms with Crippen LogP contribution in [-0.2, 0) is 12.8 Å². The maximum atomic E-state index is 9.56. The molecule has 1 N–H and O–H groups in total. The van der Waals surface area contributed by atoms with Crippen molar-refractivity contribution < 1.29 is 5.11 Å². The van der Waals surface area contributed by atoms with E-state index >= 15 is 0 Å². The van der Waals surface area contributed by atoms with Gasteiger partial charge in [0.15, 0.2) is 0 Å². The first-order valence-corrected chi connectivity index (χ1v) is 4.67. The van der Waals surface area contributed by atoms with Gasteiger partial charge in [-0.1, -0.05) is 13.0 Å². The fourth-order valence-electron chi connectivity index (χ4n) is 1.21. The summed E-state index contributed by atoms with van der Waals surface area (Å²) in [6.07, 6.45) is 3.49. The molecule has 0 spiro atoms. The van der Waals surface area contributed by atoms with E-state index in [2.05, 4.69) is 18.0 Å². The maximum absolute atomic E-state index is 9.56. The highest BCUT2D eigenvalue weighted by Crippen LogP contribution is 2.10. The summed E-state index contributed by atoms with van der Waals surface area (Å²) in [4.78, 5) is 4.27. The lowest BCUT2D eigenvalue weighted by atomic mass is 10.0. The molecule has 0 aliphatic carbocycles. The minimum atomic E-state index is -0.666. The Labute approximate surface area is 79.6 Å². The average Bonchev–Trinajstić information content (AvgIpc) is 2.03. The zero-order valence-electron chi connectivity index (χ0n) is 8.54. The topological polar surface area (TPSA) is 33.1 Å². The summed E-state index contributed by atoms with van der Waals surface area (Å²) in [6.45, 7) is 5.69. The molecule has 2 nitrogen and oxygen atoms in total. The van der Waals surface area contributed by atoms with E-state index < -0.39 is 5.60 Å². The molecule has 2 heteroatoms. The highest BCUT2D eigenvalue weighted by atomic mass is 16.3. The number of pyridine rings is 1. The predicted molar refractivity (Wildman–Crippen MR) is 53.6 cm³/mol. The second kappa shape index (κ2) is 3.88. The molecule has 0 amide bonds. The molecule has 0 radical (unpaired) electrons. The van der Waals surface area contributed by atoms with Gasteiger partial charge in [-0.25, -0.2) is 0 Å². The second-order valence-corrected chi connectivity index (χ2v) is 4.00. The van der Waals surface area contributed by atoms with Crippen LogP contribution in [0.5, 0.6) is 0 Å². The fourth-order valence-corrected chi connectivity index (χ4v) is 1.21. The van der Waals surface area contributed by atoms with Gasteiger partial charge < -0.3 is 5.11 Å². The van der Waals surface area contributed by atoms with E-state index in [4.69, 9.17) is 0 Å². The van der Waals surface area contributed by atoms with Crippen LogP contribution in [-0.4, -0.2) is 15.7 Å². The summed E-state index contributed by atoms with van der Waals surface area (Å²) in [7, 11) is 0. The summed E-state index contributed by atoms with van der Waals surface area (Å²) in [5.41, 5.74) is 1.52. The Morgan fingerprint density at radius 1 is 1.38 bits per heavy atom. The molecular weight excluding hydrogens is 162 g/mol. The molecule has 0 aromatic carbocycles. The highest BCUT2D eigenvalue weighted by Gasteiger charge is 2.13. The van der Waals surface area contributed by atoms with Gasteiger partial charge in [0.2, 0.25) is 0 Å². The number of hydrogen-bond donors (Lipinski definition) is 1. The molecule has 0 bridgehead atoms. The molecule has 1 rings (SSSR count). The Bertz CT molecular complexity index is 258. The summed E-state index contributed by atoms with van der Waals surface area (Å²) < 4.78 is 0. The number of rotatable bonds is 3. The van der Waals surface area contributed by atoms with Crippen LogP contribution in [0, 0.1) is 0 Å². The largest absolute Gasteiger partial charge is 0.390 e. The molecule has 0 fully saturated rings. The van der Waals surface area contributed by atoms with Crippen LogP contribution in [0.25, 0.3) is 0 Å². The maximum Gasteiger partial charge on any atom is 0.0647 e. The van der Waals surface area contributed by atoms with Crippen LogP contribution in [0.15, 0.2) is 18.3 Å². The van der Waals surface area contributed by atoms with Crippen molar-refractivity contribution in [3.8, 4) is 0 Å². The number of nitrogens with zero attached hydrogens (tertiary/aromatic N) is 1. The van der Waals surface area contributed by atoms with E-state index in [1.54, 1.807) is 13.8 Å². The van der Waals surface area contributed by atoms with Gasteiger partial charge >= 0.3 is 0 Å². The first kappa shape index (κ1) is 10.2. The van der Waals surface area contributed by atoms with Gasteiger partial charge in [-0.05, 0) is 31.9 Å². The third-order valence-corrected chi connectivity index (χ3v) is 1.91. The van der Waals surface area contributed by atoms with E-state index in [0.717, 1.165) is 12.1 Å². The zero-order chi connectivity index (χ0) is 9.90. The molecule has 0 saturated heterocycles. The Morgan fingerprint density at radius 2 is 2.08 bits per heavy atom. The Balaban J connectivity index is 2.70. The van der Waals surface area contributed by atoms with Gasteiger partial charge in [0.05, 0.1) is 5.60 Å². The molecule has 0 aliphatic rings. The first-order valence-electron chi connectivity index (χ1n) is 4.67. The summed E-state index contributed by atoms with van der Waals surface area (Å²) in [5.74, 6) is 0. The summed E-state index contributed by atoms with van der Waals surface area (Å²) in [5, 5.41) is 9.56. The van der Waals surface area contributed by atoms with E-state index in [1.807, 2.05) is 12.3 Å². The molecule has 0 atom stereocenters. The number of aliphatic hydroxyl groups is 1.